The summed E-state index contributed by atoms with van der Waals surface area (Å²) in [5.41, 5.74) is 6.11. The number of nitrogens with one attached hydrogen (secondary N) is 1. The summed E-state index contributed by atoms with van der Waals surface area (Å²) in [7, 11) is 0. The molecule has 0 aliphatic rings. The molecule has 0 heterocycles. The Hall–Kier alpha value is -0.620. The van der Waals surface area contributed by atoms with Crippen molar-refractivity contribution in [2.45, 2.75) is 6.42 Å². The molecule has 13 heavy (non-hydrogen) atoms. The molecule has 4 heteroatoms. The number of benzene rings is 1. The van der Waals surface area contributed by atoms with Crippen LogP contribution in [0.15, 0.2) is 24.3 Å². The van der Waals surface area contributed by atoms with Crippen LogP contribution in [0.25, 0.3) is 0 Å². The molecule has 1 rings (SSSR count). The van der Waals surface area contributed by atoms with Gasteiger partial charge in [-0.3, -0.25) is 4.79 Å². The van der Waals surface area contributed by atoms with Gasteiger partial charge in [-0.25, -0.2) is 0 Å². The maximum Gasteiger partial charge on any atom is 0.225 e. The van der Waals surface area contributed by atoms with Crippen molar-refractivity contribution in [1.82, 2.24) is 0 Å². The van der Waals surface area contributed by atoms with E-state index in [1.165, 1.54) is 0 Å². The number of para-hydroxylation sites is 1. The van der Waals surface area contributed by atoms with E-state index in [-0.39, 0.29) is 5.91 Å². The van der Waals surface area contributed by atoms with Gasteiger partial charge in [0.2, 0.25) is 5.91 Å². The molecule has 1 amide bonds. The van der Waals surface area contributed by atoms with Gasteiger partial charge >= 0.3 is 0 Å². The number of anilines is 1. The Labute approximate surface area is 90.8 Å². The third-order valence-corrected chi connectivity index (χ3v) is 2.46. The molecule has 3 N–H and O–H groups in total. The molecule has 0 aliphatic heterocycles. The van der Waals surface area contributed by atoms with Gasteiger partial charge in [-0.1, -0.05) is 12.1 Å². The number of nitrogens with two attached hydrogens (primary N) is 1. The molecule has 1 aromatic rings. The Morgan fingerprint density at radius 3 is 2.77 bits per heavy atom. The average Bonchev–Trinajstić information content (AvgIpc) is 2.09. The molecular formula is C9H11IN2O. The Morgan fingerprint density at radius 2 is 2.15 bits per heavy atom. The second-order valence-corrected chi connectivity index (χ2v) is 3.73. The first-order valence-electron chi connectivity index (χ1n) is 3.98. The monoisotopic (exact) mass is 290 g/mol. The summed E-state index contributed by atoms with van der Waals surface area (Å²) in [5.74, 6) is -0.0355. The number of carbonyl (C=O) groups excluding carboxylic acids is 1. The standard InChI is InChI=1S/C9H11IN2O/c10-7-3-1-2-4-8(7)12-9(13)5-6-11/h1-4H,5-6,11H2,(H,12,13). The van der Waals surface area contributed by atoms with Crippen LogP contribution in [0.5, 0.6) is 0 Å². The Kier molecular flexibility index (Phi) is 4.17. The van der Waals surface area contributed by atoms with Crippen LogP contribution in [-0.4, -0.2) is 12.5 Å². The van der Waals surface area contributed by atoms with Crippen molar-refractivity contribution in [2.24, 2.45) is 5.73 Å². The highest BCUT2D eigenvalue weighted by Crippen LogP contribution is 2.16. The second-order valence-electron chi connectivity index (χ2n) is 2.57. The van der Waals surface area contributed by atoms with Crippen LogP contribution in [0.2, 0.25) is 0 Å². The lowest BCUT2D eigenvalue weighted by molar-refractivity contribution is -0.116. The predicted molar refractivity (Wildman–Crippen MR) is 61.5 cm³/mol. The predicted octanol–water partition coefficient (Wildman–Crippen LogP) is 1.58. The van der Waals surface area contributed by atoms with Gasteiger partial charge in [0.1, 0.15) is 0 Å². The van der Waals surface area contributed by atoms with E-state index in [0.717, 1.165) is 9.26 Å². The molecular weight excluding hydrogens is 279 g/mol. The zero-order valence-electron chi connectivity index (χ0n) is 7.09. The lowest BCUT2D eigenvalue weighted by atomic mass is 10.3. The van der Waals surface area contributed by atoms with E-state index in [1.807, 2.05) is 24.3 Å². The lowest BCUT2D eigenvalue weighted by Crippen LogP contribution is -2.16. The largest absolute Gasteiger partial charge is 0.330 e. The molecule has 0 saturated carbocycles. The highest BCUT2D eigenvalue weighted by atomic mass is 127. The molecule has 0 bridgehead atoms. The van der Waals surface area contributed by atoms with Gasteiger partial charge in [0.05, 0.1) is 5.69 Å². The van der Waals surface area contributed by atoms with Crippen molar-refractivity contribution in [1.29, 1.82) is 0 Å². The minimum Gasteiger partial charge on any atom is -0.330 e. The van der Waals surface area contributed by atoms with Gasteiger partial charge in [-0.05, 0) is 34.7 Å². The summed E-state index contributed by atoms with van der Waals surface area (Å²) >= 11 is 2.18. The third kappa shape index (κ3) is 3.31. The molecule has 0 spiro atoms. The first-order valence-corrected chi connectivity index (χ1v) is 5.06. The number of amides is 1. The Balaban J connectivity index is 2.63. The number of carbonyl (C=O) groups is 1. The maximum atomic E-state index is 11.2. The topological polar surface area (TPSA) is 55.1 Å². The maximum absolute atomic E-state index is 11.2. The third-order valence-electron chi connectivity index (χ3n) is 1.52. The van der Waals surface area contributed by atoms with Crippen molar-refractivity contribution < 1.29 is 4.79 Å². The van der Waals surface area contributed by atoms with E-state index in [4.69, 9.17) is 5.73 Å². The van der Waals surface area contributed by atoms with E-state index in [2.05, 4.69) is 27.9 Å². The first-order chi connectivity index (χ1) is 6.24. The Bertz CT molecular complexity index is 301. The fraction of sp³-hybridized carbons (Fsp3) is 0.222. The van der Waals surface area contributed by atoms with Crippen molar-refractivity contribution in [3.63, 3.8) is 0 Å². The van der Waals surface area contributed by atoms with E-state index < -0.39 is 0 Å². The summed E-state index contributed by atoms with van der Waals surface area (Å²) in [5, 5.41) is 2.78. The van der Waals surface area contributed by atoms with Crippen molar-refractivity contribution >= 4 is 34.2 Å². The molecule has 0 aliphatic carbocycles. The zero-order valence-corrected chi connectivity index (χ0v) is 9.24. The molecule has 0 unspecified atom stereocenters. The summed E-state index contributed by atoms with van der Waals surface area (Å²) < 4.78 is 1.03. The molecule has 0 aromatic heterocycles. The second kappa shape index (κ2) is 5.18. The van der Waals surface area contributed by atoms with Gasteiger partial charge in [-0.2, -0.15) is 0 Å². The zero-order chi connectivity index (χ0) is 9.68. The van der Waals surface area contributed by atoms with Gasteiger partial charge in [-0.15, -0.1) is 0 Å². The normalized spacial score (nSPS) is 9.69. The summed E-state index contributed by atoms with van der Waals surface area (Å²) in [6, 6.07) is 7.63. The molecule has 0 fully saturated rings. The minimum atomic E-state index is -0.0355. The summed E-state index contributed by atoms with van der Waals surface area (Å²) in [4.78, 5) is 11.2. The summed E-state index contributed by atoms with van der Waals surface area (Å²) in [6.07, 6.45) is 0.366. The number of hydrogen-bond acceptors (Lipinski definition) is 2. The fourth-order valence-corrected chi connectivity index (χ4v) is 1.43. The van der Waals surface area contributed by atoms with Crippen molar-refractivity contribution in [3.05, 3.63) is 27.8 Å². The molecule has 0 atom stereocenters. The van der Waals surface area contributed by atoms with E-state index in [9.17, 15) is 4.79 Å². The van der Waals surface area contributed by atoms with Crippen LogP contribution in [0.4, 0.5) is 5.69 Å². The molecule has 3 nitrogen and oxygen atoms in total. The quantitative estimate of drug-likeness (QED) is 0.830. The van der Waals surface area contributed by atoms with E-state index >= 15 is 0 Å². The van der Waals surface area contributed by atoms with Gasteiger partial charge in [0, 0.05) is 16.5 Å². The minimum absolute atomic E-state index is 0.0355. The SMILES string of the molecule is NCCC(=O)Nc1ccccc1I. The lowest BCUT2D eigenvalue weighted by Gasteiger charge is -2.05. The molecule has 0 radical (unpaired) electrons. The van der Waals surface area contributed by atoms with Crippen LogP contribution in [0.1, 0.15) is 6.42 Å². The molecule has 0 saturated heterocycles. The number of hydrogen-bond donors (Lipinski definition) is 2. The van der Waals surface area contributed by atoms with E-state index in [0.29, 0.717) is 13.0 Å². The highest BCUT2D eigenvalue weighted by Gasteiger charge is 2.02. The Morgan fingerprint density at radius 1 is 1.46 bits per heavy atom. The van der Waals surface area contributed by atoms with Crippen LogP contribution in [0.3, 0.4) is 0 Å². The fourth-order valence-electron chi connectivity index (χ4n) is 0.906. The van der Waals surface area contributed by atoms with Gasteiger partial charge in [0.25, 0.3) is 0 Å². The number of halogens is 1. The van der Waals surface area contributed by atoms with Crippen molar-refractivity contribution in [2.75, 3.05) is 11.9 Å². The van der Waals surface area contributed by atoms with Gasteiger partial charge in [0.15, 0.2) is 0 Å². The van der Waals surface area contributed by atoms with Gasteiger partial charge < -0.3 is 11.1 Å². The van der Waals surface area contributed by atoms with Crippen LogP contribution < -0.4 is 11.1 Å². The molecule has 70 valence electrons. The molecule has 1 aromatic carbocycles. The van der Waals surface area contributed by atoms with Crippen LogP contribution in [0, 0.1) is 3.57 Å². The summed E-state index contributed by atoms with van der Waals surface area (Å²) in [6.45, 7) is 0.384. The number of rotatable bonds is 3. The van der Waals surface area contributed by atoms with Crippen molar-refractivity contribution in [3.8, 4) is 0 Å². The highest BCUT2D eigenvalue weighted by molar-refractivity contribution is 14.1. The van der Waals surface area contributed by atoms with Crippen LogP contribution >= 0.6 is 22.6 Å². The van der Waals surface area contributed by atoms with E-state index in [1.54, 1.807) is 0 Å². The average molecular weight is 290 g/mol. The van der Waals surface area contributed by atoms with Crippen LogP contribution in [-0.2, 0) is 4.79 Å². The first kappa shape index (κ1) is 10.5. The smallest absolute Gasteiger partial charge is 0.225 e.